The van der Waals surface area contributed by atoms with Gasteiger partial charge in [-0.3, -0.25) is 4.98 Å². The van der Waals surface area contributed by atoms with Crippen molar-refractivity contribution in [1.82, 2.24) is 4.98 Å². The quantitative estimate of drug-likeness (QED) is 0.880. The number of nitrogens with zero attached hydrogens (tertiary/aromatic N) is 1. The number of halogens is 1. The molecule has 0 amide bonds. The van der Waals surface area contributed by atoms with E-state index in [0.717, 1.165) is 11.1 Å². The minimum Gasteiger partial charge on any atom is -0.324 e. The average Bonchev–Trinajstić information content (AvgIpc) is 2.32. The van der Waals surface area contributed by atoms with E-state index in [1.165, 1.54) is 17.8 Å². The molecular formula is C14H15FN2. The fraction of sp³-hybridized carbons (Fsp3) is 0.214. The first-order valence-electron chi connectivity index (χ1n) is 5.57. The zero-order valence-corrected chi connectivity index (χ0v) is 9.73. The molecule has 1 heterocycles. The molecular weight excluding hydrogens is 215 g/mol. The van der Waals surface area contributed by atoms with Crippen molar-refractivity contribution in [1.29, 1.82) is 0 Å². The highest BCUT2D eigenvalue weighted by atomic mass is 19.1. The van der Waals surface area contributed by atoms with Crippen molar-refractivity contribution in [3.8, 4) is 0 Å². The largest absolute Gasteiger partial charge is 0.324 e. The first kappa shape index (κ1) is 11.7. The summed E-state index contributed by atoms with van der Waals surface area (Å²) in [5, 5.41) is 0. The molecule has 0 fully saturated rings. The van der Waals surface area contributed by atoms with Gasteiger partial charge in [0.05, 0.1) is 6.20 Å². The maximum atomic E-state index is 13.0. The molecule has 2 nitrogen and oxygen atoms in total. The van der Waals surface area contributed by atoms with Crippen molar-refractivity contribution in [2.24, 2.45) is 5.73 Å². The molecule has 17 heavy (non-hydrogen) atoms. The monoisotopic (exact) mass is 230 g/mol. The zero-order valence-electron chi connectivity index (χ0n) is 9.73. The van der Waals surface area contributed by atoms with Gasteiger partial charge in [0.25, 0.3) is 0 Å². The van der Waals surface area contributed by atoms with E-state index in [-0.39, 0.29) is 11.9 Å². The average molecular weight is 230 g/mol. The van der Waals surface area contributed by atoms with E-state index in [0.29, 0.717) is 6.42 Å². The van der Waals surface area contributed by atoms with E-state index >= 15 is 0 Å². The van der Waals surface area contributed by atoms with Gasteiger partial charge >= 0.3 is 0 Å². The van der Waals surface area contributed by atoms with Gasteiger partial charge in [-0.15, -0.1) is 0 Å². The predicted molar refractivity (Wildman–Crippen MR) is 66.0 cm³/mol. The molecule has 0 aliphatic rings. The zero-order chi connectivity index (χ0) is 12.3. The molecule has 1 atom stereocenters. The Hall–Kier alpha value is -1.74. The van der Waals surface area contributed by atoms with Crippen LogP contribution in [-0.4, -0.2) is 4.98 Å². The Morgan fingerprint density at radius 3 is 2.59 bits per heavy atom. The first-order chi connectivity index (χ1) is 8.15. The lowest BCUT2D eigenvalue weighted by molar-refractivity contribution is 0.610. The first-order valence-corrected chi connectivity index (χ1v) is 5.57. The highest BCUT2D eigenvalue weighted by molar-refractivity contribution is 5.24. The second-order valence-electron chi connectivity index (χ2n) is 4.23. The lowest BCUT2D eigenvalue weighted by atomic mass is 10.0. The van der Waals surface area contributed by atoms with Crippen LogP contribution in [0.3, 0.4) is 0 Å². The molecule has 3 heteroatoms. The van der Waals surface area contributed by atoms with E-state index in [1.54, 1.807) is 6.20 Å². The number of nitrogens with two attached hydrogens (primary N) is 1. The lowest BCUT2D eigenvalue weighted by Gasteiger charge is -2.11. The topological polar surface area (TPSA) is 38.9 Å². The van der Waals surface area contributed by atoms with Gasteiger partial charge in [-0.25, -0.2) is 4.39 Å². The number of pyridine rings is 1. The fourth-order valence-corrected chi connectivity index (χ4v) is 1.73. The van der Waals surface area contributed by atoms with Crippen LogP contribution in [0, 0.1) is 12.7 Å². The van der Waals surface area contributed by atoms with Gasteiger partial charge in [-0.1, -0.05) is 29.8 Å². The Kier molecular flexibility index (Phi) is 3.49. The van der Waals surface area contributed by atoms with Gasteiger partial charge < -0.3 is 5.73 Å². The van der Waals surface area contributed by atoms with Gasteiger partial charge in [-0.2, -0.15) is 0 Å². The summed E-state index contributed by atoms with van der Waals surface area (Å²) in [6.45, 7) is 2.04. The van der Waals surface area contributed by atoms with Crippen molar-refractivity contribution in [3.63, 3.8) is 0 Å². The van der Waals surface area contributed by atoms with Crippen LogP contribution >= 0.6 is 0 Å². The molecule has 2 aromatic rings. The SMILES string of the molecule is Cc1ccc(CC(N)c2cncc(F)c2)cc1. The molecule has 1 unspecified atom stereocenters. The van der Waals surface area contributed by atoms with Crippen LogP contribution in [-0.2, 0) is 6.42 Å². The molecule has 1 aromatic heterocycles. The molecule has 0 radical (unpaired) electrons. The number of rotatable bonds is 3. The second kappa shape index (κ2) is 5.06. The fourth-order valence-electron chi connectivity index (χ4n) is 1.73. The molecule has 1 aromatic carbocycles. The summed E-state index contributed by atoms with van der Waals surface area (Å²) in [6.07, 6.45) is 3.48. The maximum absolute atomic E-state index is 13.0. The normalized spacial score (nSPS) is 12.4. The number of aryl methyl sites for hydroxylation is 1. The van der Waals surface area contributed by atoms with Crippen LogP contribution in [0.1, 0.15) is 22.7 Å². The van der Waals surface area contributed by atoms with Crippen molar-refractivity contribution >= 4 is 0 Å². The van der Waals surface area contributed by atoms with Gasteiger partial charge in [0, 0.05) is 12.2 Å². The third kappa shape index (κ3) is 3.11. The Morgan fingerprint density at radius 1 is 1.24 bits per heavy atom. The third-order valence-electron chi connectivity index (χ3n) is 2.73. The smallest absolute Gasteiger partial charge is 0.141 e. The van der Waals surface area contributed by atoms with E-state index in [1.807, 2.05) is 31.2 Å². The van der Waals surface area contributed by atoms with Crippen LogP contribution < -0.4 is 5.73 Å². The van der Waals surface area contributed by atoms with E-state index in [9.17, 15) is 4.39 Å². The number of hydrogen-bond donors (Lipinski definition) is 1. The maximum Gasteiger partial charge on any atom is 0.141 e. The van der Waals surface area contributed by atoms with E-state index in [4.69, 9.17) is 5.73 Å². The van der Waals surface area contributed by atoms with Crippen LogP contribution in [0.25, 0.3) is 0 Å². The van der Waals surface area contributed by atoms with E-state index < -0.39 is 0 Å². The second-order valence-corrected chi connectivity index (χ2v) is 4.23. The lowest BCUT2D eigenvalue weighted by Crippen LogP contribution is -2.13. The van der Waals surface area contributed by atoms with Crippen LogP contribution in [0.5, 0.6) is 0 Å². The summed E-state index contributed by atoms with van der Waals surface area (Å²) in [6, 6.07) is 9.40. The standard InChI is InChI=1S/C14H15FN2/c1-10-2-4-11(5-3-10)6-14(16)12-7-13(15)9-17-8-12/h2-5,7-9,14H,6,16H2,1H3. The Morgan fingerprint density at radius 2 is 1.94 bits per heavy atom. The molecule has 0 spiro atoms. The minimum absolute atomic E-state index is 0.221. The van der Waals surface area contributed by atoms with Crippen LogP contribution in [0.15, 0.2) is 42.7 Å². The van der Waals surface area contributed by atoms with Gasteiger partial charge in [-0.05, 0) is 30.5 Å². The molecule has 0 saturated heterocycles. The highest BCUT2D eigenvalue weighted by Gasteiger charge is 2.08. The summed E-state index contributed by atoms with van der Waals surface area (Å²) in [5.74, 6) is -0.346. The summed E-state index contributed by atoms with van der Waals surface area (Å²) >= 11 is 0. The molecule has 0 saturated carbocycles. The summed E-state index contributed by atoms with van der Waals surface area (Å²) in [7, 11) is 0. The predicted octanol–water partition coefficient (Wildman–Crippen LogP) is 2.77. The molecule has 0 bridgehead atoms. The van der Waals surface area contributed by atoms with Gasteiger partial charge in [0.2, 0.25) is 0 Å². The molecule has 0 aliphatic carbocycles. The summed E-state index contributed by atoms with van der Waals surface area (Å²) < 4.78 is 13.0. The van der Waals surface area contributed by atoms with Crippen LogP contribution in [0.4, 0.5) is 4.39 Å². The molecule has 88 valence electrons. The van der Waals surface area contributed by atoms with Gasteiger partial charge in [0.1, 0.15) is 5.82 Å². The number of hydrogen-bond acceptors (Lipinski definition) is 2. The molecule has 0 aliphatic heterocycles. The van der Waals surface area contributed by atoms with Gasteiger partial charge in [0.15, 0.2) is 0 Å². The van der Waals surface area contributed by atoms with Crippen molar-refractivity contribution in [2.45, 2.75) is 19.4 Å². The third-order valence-corrected chi connectivity index (χ3v) is 2.73. The molecule has 2 N–H and O–H groups in total. The van der Waals surface area contributed by atoms with Crippen LogP contribution in [0.2, 0.25) is 0 Å². The number of benzene rings is 1. The minimum atomic E-state index is -0.346. The van der Waals surface area contributed by atoms with Crippen molar-refractivity contribution < 1.29 is 4.39 Å². The highest BCUT2D eigenvalue weighted by Crippen LogP contribution is 2.16. The number of aromatic nitrogens is 1. The van der Waals surface area contributed by atoms with Crippen molar-refractivity contribution in [3.05, 3.63) is 65.2 Å². The Labute approximate surface area is 100 Å². The summed E-state index contributed by atoms with van der Waals surface area (Å²) in [4.78, 5) is 3.81. The summed E-state index contributed by atoms with van der Waals surface area (Å²) in [5.41, 5.74) is 9.12. The van der Waals surface area contributed by atoms with E-state index in [2.05, 4.69) is 4.98 Å². The molecule has 2 rings (SSSR count). The Balaban J connectivity index is 2.11. The van der Waals surface area contributed by atoms with Crippen molar-refractivity contribution in [2.75, 3.05) is 0 Å². The Bertz CT molecular complexity index is 494.